The molecule has 1 aromatic carbocycles. The zero-order valence-electron chi connectivity index (χ0n) is 13.6. The van der Waals surface area contributed by atoms with E-state index >= 15 is 0 Å². The van der Waals surface area contributed by atoms with Crippen LogP contribution in [-0.4, -0.2) is 41.0 Å². The summed E-state index contributed by atoms with van der Waals surface area (Å²) in [6.45, 7) is 2.31. The van der Waals surface area contributed by atoms with E-state index in [0.29, 0.717) is 35.2 Å². The first-order valence-corrected chi connectivity index (χ1v) is 6.84. The van der Waals surface area contributed by atoms with Crippen molar-refractivity contribution in [2.45, 2.75) is 13.3 Å². The maximum absolute atomic E-state index is 11.6. The molecule has 0 aliphatic rings. The van der Waals surface area contributed by atoms with Gasteiger partial charge in [-0.25, -0.2) is 4.79 Å². The van der Waals surface area contributed by atoms with Gasteiger partial charge in [0.1, 0.15) is 0 Å². The number of ether oxygens (including phenoxy) is 5. The van der Waals surface area contributed by atoms with Crippen molar-refractivity contribution >= 4 is 12.0 Å². The fourth-order valence-corrected chi connectivity index (χ4v) is 1.89. The Kier molecular flexibility index (Phi) is 7.08. The minimum absolute atomic E-state index is 0.384. The quantitative estimate of drug-likeness (QED) is 0.543. The maximum atomic E-state index is 11.6. The largest absolute Gasteiger partial charge is 0.493 e. The van der Waals surface area contributed by atoms with Gasteiger partial charge in [-0.2, -0.15) is 0 Å². The minimum Gasteiger partial charge on any atom is -0.493 e. The van der Waals surface area contributed by atoms with E-state index in [1.807, 2.05) is 6.92 Å². The molecule has 0 aliphatic carbocycles. The standard InChI is InChI=1S/C16H22O6/c1-6-9-22-13(17)8-7-11-10-12(18-2)15(20-4)16(21-5)14(11)19-3/h7-8,10H,6,9H2,1-5H3. The summed E-state index contributed by atoms with van der Waals surface area (Å²) in [5.74, 6) is 1.32. The van der Waals surface area contributed by atoms with Crippen molar-refractivity contribution in [2.24, 2.45) is 0 Å². The zero-order chi connectivity index (χ0) is 16.5. The first kappa shape index (κ1) is 17.7. The molecule has 0 amide bonds. The highest BCUT2D eigenvalue weighted by Gasteiger charge is 2.20. The van der Waals surface area contributed by atoms with E-state index in [1.165, 1.54) is 34.5 Å². The highest BCUT2D eigenvalue weighted by atomic mass is 16.5. The van der Waals surface area contributed by atoms with Crippen molar-refractivity contribution in [3.63, 3.8) is 0 Å². The molecule has 0 bridgehead atoms. The lowest BCUT2D eigenvalue weighted by Crippen LogP contribution is -2.02. The molecule has 0 unspecified atom stereocenters. The number of esters is 1. The second kappa shape index (κ2) is 8.81. The van der Waals surface area contributed by atoms with E-state index < -0.39 is 5.97 Å². The molecular formula is C16H22O6. The van der Waals surface area contributed by atoms with Crippen LogP contribution in [0.15, 0.2) is 12.1 Å². The molecule has 0 heterocycles. The van der Waals surface area contributed by atoms with E-state index in [-0.39, 0.29) is 0 Å². The van der Waals surface area contributed by atoms with Gasteiger partial charge in [-0.3, -0.25) is 0 Å². The Morgan fingerprint density at radius 2 is 1.64 bits per heavy atom. The van der Waals surface area contributed by atoms with Gasteiger partial charge in [0.05, 0.1) is 35.0 Å². The molecule has 0 fully saturated rings. The lowest BCUT2D eigenvalue weighted by atomic mass is 10.1. The van der Waals surface area contributed by atoms with Gasteiger partial charge in [-0.05, 0) is 18.6 Å². The monoisotopic (exact) mass is 310 g/mol. The van der Waals surface area contributed by atoms with Crippen molar-refractivity contribution in [1.29, 1.82) is 0 Å². The highest BCUT2D eigenvalue weighted by Crippen LogP contribution is 2.46. The van der Waals surface area contributed by atoms with Crippen LogP contribution in [-0.2, 0) is 9.53 Å². The van der Waals surface area contributed by atoms with Crippen LogP contribution in [0.5, 0.6) is 23.0 Å². The molecule has 0 atom stereocenters. The third kappa shape index (κ3) is 4.07. The summed E-state index contributed by atoms with van der Waals surface area (Å²) in [6.07, 6.45) is 3.69. The minimum atomic E-state index is -0.419. The summed E-state index contributed by atoms with van der Waals surface area (Å²) in [5.41, 5.74) is 0.616. The van der Waals surface area contributed by atoms with Gasteiger partial charge in [0.2, 0.25) is 11.5 Å². The zero-order valence-corrected chi connectivity index (χ0v) is 13.6. The van der Waals surface area contributed by atoms with Crippen LogP contribution in [0, 0.1) is 0 Å². The molecule has 22 heavy (non-hydrogen) atoms. The van der Waals surface area contributed by atoms with Gasteiger partial charge in [-0.15, -0.1) is 0 Å². The molecule has 1 aromatic rings. The molecule has 6 heteroatoms. The van der Waals surface area contributed by atoms with Gasteiger partial charge < -0.3 is 23.7 Å². The number of rotatable bonds is 8. The predicted molar refractivity (Wildman–Crippen MR) is 82.9 cm³/mol. The molecule has 0 aromatic heterocycles. The molecule has 0 spiro atoms. The maximum Gasteiger partial charge on any atom is 0.330 e. The Morgan fingerprint density at radius 3 is 2.14 bits per heavy atom. The highest BCUT2D eigenvalue weighted by molar-refractivity contribution is 5.88. The van der Waals surface area contributed by atoms with Gasteiger partial charge >= 0.3 is 5.97 Å². The van der Waals surface area contributed by atoms with Crippen LogP contribution in [0.1, 0.15) is 18.9 Å². The normalized spacial score (nSPS) is 10.4. The van der Waals surface area contributed by atoms with Crippen LogP contribution in [0.3, 0.4) is 0 Å². The molecule has 0 N–H and O–H groups in total. The molecule has 0 aliphatic heterocycles. The fraction of sp³-hybridized carbons (Fsp3) is 0.438. The average Bonchev–Trinajstić information content (AvgIpc) is 2.55. The van der Waals surface area contributed by atoms with Crippen LogP contribution in [0.2, 0.25) is 0 Å². The summed E-state index contributed by atoms with van der Waals surface area (Å²) in [4.78, 5) is 11.6. The van der Waals surface area contributed by atoms with Crippen LogP contribution < -0.4 is 18.9 Å². The Morgan fingerprint density at radius 1 is 1.00 bits per heavy atom. The average molecular weight is 310 g/mol. The number of hydrogen-bond acceptors (Lipinski definition) is 6. The number of methoxy groups -OCH3 is 4. The molecule has 6 nitrogen and oxygen atoms in total. The Balaban J connectivity index is 3.23. The molecular weight excluding hydrogens is 288 g/mol. The molecule has 0 saturated heterocycles. The van der Waals surface area contributed by atoms with Crippen LogP contribution >= 0.6 is 0 Å². The third-order valence-corrected chi connectivity index (χ3v) is 2.86. The summed E-state index contributed by atoms with van der Waals surface area (Å²) in [7, 11) is 6.05. The van der Waals surface area contributed by atoms with Gasteiger partial charge in [0.15, 0.2) is 11.5 Å². The number of benzene rings is 1. The predicted octanol–water partition coefficient (Wildman–Crippen LogP) is 2.69. The number of hydrogen-bond donors (Lipinski definition) is 0. The molecule has 0 saturated carbocycles. The topological polar surface area (TPSA) is 63.2 Å². The Labute approximate surface area is 130 Å². The van der Waals surface area contributed by atoms with Crippen molar-refractivity contribution in [2.75, 3.05) is 35.0 Å². The lowest BCUT2D eigenvalue weighted by Gasteiger charge is -2.17. The van der Waals surface area contributed by atoms with Gasteiger partial charge in [0.25, 0.3) is 0 Å². The first-order chi connectivity index (χ1) is 10.6. The summed E-state index contributed by atoms with van der Waals surface area (Å²) in [5, 5.41) is 0. The second-order valence-electron chi connectivity index (χ2n) is 4.27. The van der Waals surface area contributed by atoms with Crippen LogP contribution in [0.25, 0.3) is 6.08 Å². The second-order valence-corrected chi connectivity index (χ2v) is 4.27. The first-order valence-electron chi connectivity index (χ1n) is 6.84. The smallest absolute Gasteiger partial charge is 0.330 e. The Hall–Kier alpha value is -2.37. The molecule has 122 valence electrons. The summed E-state index contributed by atoms with van der Waals surface area (Å²) in [6, 6.07) is 1.70. The van der Waals surface area contributed by atoms with Gasteiger partial charge in [-0.1, -0.05) is 6.92 Å². The number of carbonyl (C=O) groups excluding carboxylic acids is 1. The SMILES string of the molecule is CCCOC(=O)C=Cc1cc(OC)c(OC)c(OC)c1OC. The van der Waals surface area contributed by atoms with Crippen molar-refractivity contribution in [3.05, 3.63) is 17.7 Å². The van der Waals surface area contributed by atoms with Crippen molar-refractivity contribution < 1.29 is 28.5 Å². The van der Waals surface area contributed by atoms with E-state index in [1.54, 1.807) is 12.1 Å². The van der Waals surface area contributed by atoms with Crippen molar-refractivity contribution in [3.8, 4) is 23.0 Å². The molecule has 0 radical (unpaired) electrons. The summed E-state index contributed by atoms with van der Waals surface area (Å²) >= 11 is 0. The van der Waals surface area contributed by atoms with Gasteiger partial charge in [0, 0.05) is 11.6 Å². The summed E-state index contributed by atoms with van der Waals surface area (Å²) < 4.78 is 26.3. The van der Waals surface area contributed by atoms with E-state index in [4.69, 9.17) is 23.7 Å². The van der Waals surface area contributed by atoms with Crippen LogP contribution in [0.4, 0.5) is 0 Å². The molecule has 1 rings (SSSR count). The van der Waals surface area contributed by atoms with Crippen molar-refractivity contribution in [1.82, 2.24) is 0 Å². The third-order valence-electron chi connectivity index (χ3n) is 2.86. The Bertz CT molecular complexity index is 536. The fourth-order valence-electron chi connectivity index (χ4n) is 1.89. The van der Waals surface area contributed by atoms with E-state index in [0.717, 1.165) is 6.42 Å². The lowest BCUT2D eigenvalue weighted by molar-refractivity contribution is -0.137. The van der Waals surface area contributed by atoms with E-state index in [9.17, 15) is 4.79 Å². The number of carbonyl (C=O) groups is 1. The van der Waals surface area contributed by atoms with E-state index in [2.05, 4.69) is 0 Å².